The lowest BCUT2D eigenvalue weighted by Gasteiger charge is -2.45. The Morgan fingerprint density at radius 1 is 1.13 bits per heavy atom. The van der Waals surface area contributed by atoms with E-state index in [1.807, 2.05) is 18.7 Å². The topological polar surface area (TPSA) is 82.1 Å². The molecule has 172 valence electrons. The first-order chi connectivity index (χ1) is 14.3. The minimum Gasteiger partial charge on any atom is -0.391 e. The number of likely N-dealkylation sites (tertiary alicyclic amines) is 2. The Morgan fingerprint density at radius 2 is 1.87 bits per heavy atom. The molecule has 0 saturated carbocycles. The van der Waals surface area contributed by atoms with Crippen molar-refractivity contribution in [3.05, 3.63) is 0 Å². The zero-order valence-corrected chi connectivity index (χ0v) is 19.1. The highest BCUT2D eigenvalue weighted by atomic mass is 16.5. The molecule has 0 bridgehead atoms. The number of nitrogens with zero attached hydrogens (tertiary/aromatic N) is 2. The predicted octanol–water partition coefficient (Wildman–Crippen LogP) is 1.64. The molecule has 2 N–H and O–H groups in total. The highest BCUT2D eigenvalue weighted by Crippen LogP contribution is 2.33. The van der Waals surface area contributed by atoms with Crippen molar-refractivity contribution in [1.82, 2.24) is 15.1 Å². The van der Waals surface area contributed by atoms with Gasteiger partial charge in [0.05, 0.1) is 12.7 Å². The summed E-state index contributed by atoms with van der Waals surface area (Å²) >= 11 is 0. The fourth-order valence-electron chi connectivity index (χ4n) is 5.26. The first-order valence-electron chi connectivity index (χ1n) is 11.8. The van der Waals surface area contributed by atoms with Crippen LogP contribution in [0.2, 0.25) is 0 Å². The number of aliphatic hydroxyl groups is 1. The molecular weight excluding hydrogens is 382 g/mol. The molecule has 7 nitrogen and oxygen atoms in total. The summed E-state index contributed by atoms with van der Waals surface area (Å²) in [7, 11) is 0. The van der Waals surface area contributed by atoms with E-state index < -0.39 is 6.10 Å². The van der Waals surface area contributed by atoms with E-state index in [2.05, 4.69) is 10.2 Å². The average Bonchev–Trinajstić information content (AvgIpc) is 2.72. The second-order valence-electron chi connectivity index (χ2n) is 10.2. The average molecular weight is 424 g/mol. The number of nitrogens with one attached hydrogen (secondary N) is 1. The molecule has 0 aliphatic carbocycles. The lowest BCUT2D eigenvalue weighted by molar-refractivity contribution is -0.130. The van der Waals surface area contributed by atoms with Gasteiger partial charge in [0.2, 0.25) is 11.8 Å². The van der Waals surface area contributed by atoms with Crippen LogP contribution in [0.25, 0.3) is 0 Å². The number of carbonyl (C=O) groups excluding carboxylic acids is 2. The summed E-state index contributed by atoms with van der Waals surface area (Å²) in [6, 6.07) is 0.548. The van der Waals surface area contributed by atoms with Crippen LogP contribution in [0.3, 0.4) is 0 Å². The molecule has 3 heterocycles. The maximum atomic E-state index is 12.6. The van der Waals surface area contributed by atoms with Crippen LogP contribution in [0.15, 0.2) is 0 Å². The van der Waals surface area contributed by atoms with Gasteiger partial charge in [-0.2, -0.15) is 0 Å². The first-order valence-corrected chi connectivity index (χ1v) is 11.8. The van der Waals surface area contributed by atoms with Crippen LogP contribution in [0, 0.1) is 17.3 Å². The molecule has 3 saturated heterocycles. The van der Waals surface area contributed by atoms with Crippen molar-refractivity contribution in [2.45, 2.75) is 71.4 Å². The zero-order valence-electron chi connectivity index (χ0n) is 19.1. The summed E-state index contributed by atoms with van der Waals surface area (Å²) in [5.74, 6) is 1.13. The van der Waals surface area contributed by atoms with Crippen LogP contribution in [-0.2, 0) is 14.3 Å². The number of rotatable bonds is 1. The number of hydrogen-bond acceptors (Lipinski definition) is 5. The Morgan fingerprint density at radius 3 is 2.57 bits per heavy atom. The Balaban J connectivity index is 1.59. The Kier molecular flexibility index (Phi) is 8.16. The van der Waals surface area contributed by atoms with E-state index in [1.54, 1.807) is 6.92 Å². The monoisotopic (exact) mass is 423 g/mol. The van der Waals surface area contributed by atoms with E-state index in [9.17, 15) is 14.7 Å². The van der Waals surface area contributed by atoms with Crippen molar-refractivity contribution < 1.29 is 19.4 Å². The number of piperidine rings is 2. The summed E-state index contributed by atoms with van der Waals surface area (Å²) in [6.45, 7) is 10.9. The molecule has 3 rings (SSSR count). The molecule has 0 aromatic carbocycles. The van der Waals surface area contributed by atoms with Crippen LogP contribution in [0.1, 0.15) is 59.3 Å². The standard InChI is InChI=1S/C23H41N3O4/c1-17(27)25-10-7-20(8-11-25)26-9-6-18-13-22(29)24-14-21(28)23(2,3)16-30-12-4-5-19(18)15-26/h18-21,28H,4-16H2,1-3H3,(H,24,29)/t18-,19-,21-/m0/s1. The third-order valence-corrected chi connectivity index (χ3v) is 7.53. The van der Waals surface area contributed by atoms with Gasteiger partial charge < -0.3 is 20.1 Å². The van der Waals surface area contributed by atoms with Gasteiger partial charge in [-0.05, 0) is 50.5 Å². The molecule has 0 spiro atoms. The van der Waals surface area contributed by atoms with Crippen molar-refractivity contribution in [3.8, 4) is 0 Å². The maximum Gasteiger partial charge on any atom is 0.220 e. The number of β-amino-alcohol motifs (C(OH)–C–C–N with tert-alkyl or cyclic N) is 1. The molecule has 30 heavy (non-hydrogen) atoms. The third kappa shape index (κ3) is 6.17. The first kappa shape index (κ1) is 23.5. The Bertz CT molecular complexity index is 589. The van der Waals surface area contributed by atoms with Gasteiger partial charge in [0.1, 0.15) is 0 Å². The van der Waals surface area contributed by atoms with Gasteiger partial charge in [-0.3, -0.25) is 14.5 Å². The molecule has 0 aromatic heterocycles. The smallest absolute Gasteiger partial charge is 0.220 e. The van der Waals surface area contributed by atoms with E-state index in [4.69, 9.17) is 4.74 Å². The van der Waals surface area contributed by atoms with Gasteiger partial charge >= 0.3 is 0 Å². The molecule has 0 unspecified atom stereocenters. The van der Waals surface area contributed by atoms with Gasteiger partial charge in [-0.25, -0.2) is 0 Å². The van der Waals surface area contributed by atoms with Crippen molar-refractivity contribution in [2.75, 3.05) is 45.9 Å². The summed E-state index contributed by atoms with van der Waals surface area (Å²) in [5.41, 5.74) is -0.375. The van der Waals surface area contributed by atoms with Crippen molar-refractivity contribution in [2.24, 2.45) is 17.3 Å². The van der Waals surface area contributed by atoms with E-state index in [1.165, 1.54) is 0 Å². The molecule has 7 heteroatoms. The van der Waals surface area contributed by atoms with Gasteiger partial charge in [-0.1, -0.05) is 13.8 Å². The largest absolute Gasteiger partial charge is 0.391 e. The maximum absolute atomic E-state index is 12.6. The van der Waals surface area contributed by atoms with E-state index in [0.29, 0.717) is 37.5 Å². The second-order valence-corrected chi connectivity index (χ2v) is 10.2. The van der Waals surface area contributed by atoms with E-state index >= 15 is 0 Å². The third-order valence-electron chi connectivity index (χ3n) is 7.53. The predicted molar refractivity (Wildman–Crippen MR) is 116 cm³/mol. The van der Waals surface area contributed by atoms with Gasteiger partial charge in [0.15, 0.2) is 0 Å². The highest BCUT2D eigenvalue weighted by molar-refractivity contribution is 5.76. The fraction of sp³-hybridized carbons (Fsp3) is 0.913. The van der Waals surface area contributed by atoms with Crippen molar-refractivity contribution in [3.63, 3.8) is 0 Å². The van der Waals surface area contributed by atoms with E-state index in [-0.39, 0.29) is 23.8 Å². The van der Waals surface area contributed by atoms with Gasteiger partial charge in [0.25, 0.3) is 0 Å². The van der Waals surface area contributed by atoms with Crippen LogP contribution >= 0.6 is 0 Å². The van der Waals surface area contributed by atoms with Gasteiger partial charge in [0, 0.05) is 57.6 Å². The molecule has 3 aliphatic rings. The quantitative estimate of drug-likeness (QED) is 0.670. The zero-order chi connectivity index (χ0) is 21.7. The molecule has 2 amide bonds. The van der Waals surface area contributed by atoms with Crippen molar-refractivity contribution in [1.29, 1.82) is 0 Å². The molecule has 3 aliphatic heterocycles. The number of carbonyl (C=O) groups is 2. The van der Waals surface area contributed by atoms with Crippen LogP contribution < -0.4 is 5.32 Å². The summed E-state index contributed by atoms with van der Waals surface area (Å²) < 4.78 is 5.89. The van der Waals surface area contributed by atoms with Gasteiger partial charge in [-0.15, -0.1) is 0 Å². The number of fused-ring (bicyclic) bond motifs is 1. The molecule has 3 fully saturated rings. The van der Waals surface area contributed by atoms with Crippen LogP contribution in [0.4, 0.5) is 0 Å². The lowest BCUT2D eigenvalue weighted by Crippen LogP contribution is -2.51. The van der Waals surface area contributed by atoms with E-state index in [0.717, 1.165) is 58.3 Å². The van der Waals surface area contributed by atoms with Crippen molar-refractivity contribution >= 4 is 11.8 Å². The minimum absolute atomic E-state index is 0.0585. The Labute approximate surface area is 181 Å². The fourth-order valence-corrected chi connectivity index (χ4v) is 5.26. The Hall–Kier alpha value is -1.18. The summed E-state index contributed by atoms with van der Waals surface area (Å²) in [5, 5.41) is 13.4. The molecular formula is C23H41N3O4. The number of ether oxygens (including phenoxy) is 1. The molecule has 3 atom stereocenters. The number of hydrogen-bond donors (Lipinski definition) is 2. The highest BCUT2D eigenvalue weighted by Gasteiger charge is 2.35. The SMILES string of the molecule is CC(=O)N1CCC(N2CC[C@H]3CC(=O)NC[C@H](O)C(C)(C)COCCC[C@H]3C2)CC1. The van der Waals surface area contributed by atoms with Crippen LogP contribution in [0.5, 0.6) is 0 Å². The second kappa shape index (κ2) is 10.4. The minimum atomic E-state index is -0.610. The normalized spacial score (nSPS) is 32.9. The molecule has 0 aromatic rings. The number of amides is 2. The lowest BCUT2D eigenvalue weighted by atomic mass is 9.79. The summed E-state index contributed by atoms with van der Waals surface area (Å²) in [6.07, 6.45) is 5.15. The van der Waals surface area contributed by atoms with Crippen LogP contribution in [-0.4, -0.2) is 84.8 Å². The molecule has 0 radical (unpaired) electrons. The summed E-state index contributed by atoms with van der Waals surface area (Å²) in [4.78, 5) is 28.8. The number of aliphatic hydroxyl groups excluding tert-OH is 1.